The smallest absolute Gasteiger partial charge is 0.226 e. The average molecular weight is 258 g/mol. The normalized spacial score (nSPS) is 10.4. The summed E-state index contributed by atoms with van der Waals surface area (Å²) in [6, 6.07) is 9.68. The van der Waals surface area contributed by atoms with Crippen molar-refractivity contribution in [1.82, 2.24) is 15.1 Å². The van der Waals surface area contributed by atoms with E-state index in [9.17, 15) is 4.79 Å². The van der Waals surface area contributed by atoms with Gasteiger partial charge in [0.25, 0.3) is 0 Å². The van der Waals surface area contributed by atoms with Gasteiger partial charge in [0.2, 0.25) is 5.91 Å². The van der Waals surface area contributed by atoms with E-state index in [1.165, 1.54) is 5.56 Å². The lowest BCUT2D eigenvalue weighted by Gasteiger charge is -2.06. The molecule has 0 unspecified atom stereocenters. The van der Waals surface area contributed by atoms with Crippen molar-refractivity contribution in [3.8, 4) is 0 Å². The van der Waals surface area contributed by atoms with Gasteiger partial charge >= 0.3 is 0 Å². The average Bonchev–Trinajstić information content (AvgIpc) is 2.92. The predicted octanol–water partition coefficient (Wildman–Crippen LogP) is 1.63. The zero-order chi connectivity index (χ0) is 13.5. The van der Waals surface area contributed by atoms with Crippen molar-refractivity contribution < 1.29 is 4.79 Å². The van der Waals surface area contributed by atoms with Gasteiger partial charge in [0.1, 0.15) is 0 Å². The number of benzene rings is 1. The number of nitrogens with zero attached hydrogens (tertiary/aromatic N) is 2. The second-order valence-corrected chi connectivity index (χ2v) is 4.29. The maximum Gasteiger partial charge on any atom is 0.226 e. The third-order valence-corrected chi connectivity index (χ3v) is 2.75. The lowest BCUT2D eigenvalue weighted by atomic mass is 10.2. The Labute approximate surface area is 112 Å². The molecule has 2 N–H and O–H groups in total. The summed E-state index contributed by atoms with van der Waals surface area (Å²) in [5.74, 6) is -0.00290. The molecule has 19 heavy (non-hydrogen) atoms. The van der Waals surface area contributed by atoms with Crippen LogP contribution in [0.15, 0.2) is 42.7 Å². The molecule has 1 amide bonds. The minimum atomic E-state index is -0.00290. The molecule has 0 fully saturated rings. The fourth-order valence-corrected chi connectivity index (χ4v) is 1.78. The Hall–Kier alpha value is -2.14. The van der Waals surface area contributed by atoms with Gasteiger partial charge in [-0.1, -0.05) is 12.1 Å². The Morgan fingerprint density at radius 2 is 2.11 bits per heavy atom. The molecular weight excluding hydrogens is 240 g/mol. The molecule has 0 spiro atoms. The van der Waals surface area contributed by atoms with Crippen molar-refractivity contribution in [2.75, 3.05) is 12.4 Å². The zero-order valence-electron chi connectivity index (χ0n) is 11.0. The lowest BCUT2D eigenvalue weighted by molar-refractivity contribution is -0.116. The third kappa shape index (κ3) is 4.22. The highest BCUT2D eigenvalue weighted by Gasteiger charge is 2.03. The molecular formula is C14H18N4O. The van der Waals surface area contributed by atoms with E-state index in [4.69, 9.17) is 0 Å². The SMILES string of the molecule is CNCc1ccc(NC(=O)CCn2cccn2)cc1. The van der Waals surface area contributed by atoms with Gasteiger partial charge in [-0.3, -0.25) is 9.48 Å². The summed E-state index contributed by atoms with van der Waals surface area (Å²) in [6.07, 6.45) is 3.97. The van der Waals surface area contributed by atoms with Crippen LogP contribution in [-0.2, 0) is 17.9 Å². The summed E-state index contributed by atoms with van der Waals surface area (Å²) >= 11 is 0. The van der Waals surface area contributed by atoms with Crippen LogP contribution in [0.25, 0.3) is 0 Å². The van der Waals surface area contributed by atoms with E-state index in [1.54, 1.807) is 10.9 Å². The molecule has 0 radical (unpaired) electrons. The molecule has 0 aliphatic carbocycles. The van der Waals surface area contributed by atoms with E-state index in [1.807, 2.05) is 43.6 Å². The minimum Gasteiger partial charge on any atom is -0.326 e. The Balaban J connectivity index is 1.81. The van der Waals surface area contributed by atoms with E-state index in [-0.39, 0.29) is 5.91 Å². The van der Waals surface area contributed by atoms with Crippen molar-refractivity contribution >= 4 is 11.6 Å². The Kier molecular flexibility index (Phi) is 4.69. The molecule has 0 aliphatic heterocycles. The second kappa shape index (κ2) is 6.70. The Morgan fingerprint density at radius 3 is 2.74 bits per heavy atom. The highest BCUT2D eigenvalue weighted by atomic mass is 16.1. The van der Waals surface area contributed by atoms with Gasteiger partial charge in [-0.2, -0.15) is 5.10 Å². The van der Waals surface area contributed by atoms with Crippen LogP contribution in [0.5, 0.6) is 0 Å². The highest BCUT2D eigenvalue weighted by molar-refractivity contribution is 5.90. The van der Waals surface area contributed by atoms with Crippen molar-refractivity contribution in [2.24, 2.45) is 0 Å². The first-order valence-corrected chi connectivity index (χ1v) is 6.29. The number of nitrogens with one attached hydrogen (secondary N) is 2. The standard InChI is InChI=1S/C14H18N4O/c1-15-11-12-3-5-13(6-4-12)17-14(19)7-10-18-9-2-8-16-18/h2-6,8-9,15H,7,10-11H2,1H3,(H,17,19). The lowest BCUT2D eigenvalue weighted by Crippen LogP contribution is -2.14. The van der Waals surface area contributed by atoms with Gasteiger partial charge < -0.3 is 10.6 Å². The maximum atomic E-state index is 11.8. The van der Waals surface area contributed by atoms with Crippen LogP contribution in [0, 0.1) is 0 Å². The van der Waals surface area contributed by atoms with Crippen molar-refractivity contribution in [3.63, 3.8) is 0 Å². The number of carbonyl (C=O) groups excluding carboxylic acids is 1. The summed E-state index contributed by atoms with van der Waals surface area (Å²) in [7, 11) is 1.91. The van der Waals surface area contributed by atoms with E-state index >= 15 is 0 Å². The summed E-state index contributed by atoms with van der Waals surface area (Å²) in [5, 5.41) is 10.0. The number of amides is 1. The van der Waals surface area contributed by atoms with Crippen molar-refractivity contribution in [2.45, 2.75) is 19.5 Å². The van der Waals surface area contributed by atoms with E-state index in [0.717, 1.165) is 12.2 Å². The van der Waals surface area contributed by atoms with Crippen molar-refractivity contribution in [3.05, 3.63) is 48.3 Å². The quantitative estimate of drug-likeness (QED) is 0.828. The molecule has 5 nitrogen and oxygen atoms in total. The first-order valence-electron chi connectivity index (χ1n) is 6.29. The number of carbonyl (C=O) groups is 1. The topological polar surface area (TPSA) is 58.9 Å². The van der Waals surface area contributed by atoms with Crippen LogP contribution in [0.2, 0.25) is 0 Å². The Morgan fingerprint density at radius 1 is 1.32 bits per heavy atom. The van der Waals surface area contributed by atoms with Crippen LogP contribution >= 0.6 is 0 Å². The van der Waals surface area contributed by atoms with Gasteiger partial charge in [-0.15, -0.1) is 0 Å². The first-order chi connectivity index (χ1) is 9.28. The van der Waals surface area contributed by atoms with Gasteiger partial charge in [0.05, 0.1) is 0 Å². The van der Waals surface area contributed by atoms with Gasteiger partial charge in [0, 0.05) is 37.6 Å². The molecule has 1 aromatic carbocycles. The first kappa shape index (κ1) is 13.3. The summed E-state index contributed by atoms with van der Waals surface area (Å²) in [6.45, 7) is 1.42. The zero-order valence-corrected chi connectivity index (χ0v) is 11.0. The Bertz CT molecular complexity index is 505. The number of hydrogen-bond donors (Lipinski definition) is 2. The number of aryl methyl sites for hydroxylation is 1. The number of aromatic nitrogens is 2. The molecule has 0 atom stereocenters. The summed E-state index contributed by atoms with van der Waals surface area (Å²) in [4.78, 5) is 11.8. The molecule has 1 aromatic heterocycles. The molecule has 100 valence electrons. The number of hydrogen-bond acceptors (Lipinski definition) is 3. The molecule has 0 saturated carbocycles. The third-order valence-electron chi connectivity index (χ3n) is 2.75. The monoisotopic (exact) mass is 258 g/mol. The summed E-state index contributed by atoms with van der Waals surface area (Å²) < 4.78 is 1.75. The van der Waals surface area contributed by atoms with Crippen LogP contribution in [0.4, 0.5) is 5.69 Å². The van der Waals surface area contributed by atoms with E-state index < -0.39 is 0 Å². The number of rotatable bonds is 6. The van der Waals surface area contributed by atoms with Crippen molar-refractivity contribution in [1.29, 1.82) is 0 Å². The largest absolute Gasteiger partial charge is 0.326 e. The molecule has 2 rings (SSSR count). The van der Waals surface area contributed by atoms with Crippen LogP contribution in [0.3, 0.4) is 0 Å². The summed E-state index contributed by atoms with van der Waals surface area (Å²) in [5.41, 5.74) is 2.02. The second-order valence-electron chi connectivity index (χ2n) is 4.29. The number of anilines is 1. The van der Waals surface area contributed by atoms with E-state index in [2.05, 4.69) is 15.7 Å². The fourth-order valence-electron chi connectivity index (χ4n) is 1.78. The molecule has 2 aromatic rings. The molecule has 5 heteroatoms. The molecule has 0 saturated heterocycles. The van der Waals surface area contributed by atoms with Crippen LogP contribution in [0.1, 0.15) is 12.0 Å². The molecule has 0 bridgehead atoms. The van der Waals surface area contributed by atoms with E-state index in [0.29, 0.717) is 13.0 Å². The van der Waals surface area contributed by atoms with Crippen LogP contribution in [-0.4, -0.2) is 22.7 Å². The van der Waals surface area contributed by atoms with Gasteiger partial charge in [-0.25, -0.2) is 0 Å². The van der Waals surface area contributed by atoms with Crippen LogP contribution < -0.4 is 10.6 Å². The maximum absolute atomic E-state index is 11.8. The predicted molar refractivity (Wildman–Crippen MR) is 74.7 cm³/mol. The minimum absolute atomic E-state index is 0.00290. The van der Waals surface area contributed by atoms with Gasteiger partial charge in [0.15, 0.2) is 0 Å². The fraction of sp³-hybridized carbons (Fsp3) is 0.286. The molecule has 0 aliphatic rings. The van der Waals surface area contributed by atoms with Gasteiger partial charge in [-0.05, 0) is 30.8 Å². The highest BCUT2D eigenvalue weighted by Crippen LogP contribution is 2.09. The molecule has 1 heterocycles.